The summed E-state index contributed by atoms with van der Waals surface area (Å²) in [5.74, 6) is 0.559. The fraction of sp³-hybridized carbons (Fsp3) is 0.143. The maximum atomic E-state index is 4.73. The van der Waals surface area contributed by atoms with E-state index in [2.05, 4.69) is 41.3 Å². The van der Waals surface area contributed by atoms with Crippen molar-refractivity contribution in [3.8, 4) is 10.7 Å². The van der Waals surface area contributed by atoms with Gasteiger partial charge >= 0.3 is 0 Å². The van der Waals surface area contributed by atoms with Gasteiger partial charge in [0.05, 0.1) is 6.54 Å². The smallest absolute Gasteiger partial charge is 0.206 e. The first-order valence-electron chi connectivity index (χ1n) is 4.62. The molecule has 0 saturated heterocycles. The Balaban J connectivity index is 1.69. The van der Waals surface area contributed by atoms with E-state index in [-0.39, 0.29) is 0 Å². The van der Waals surface area contributed by atoms with Gasteiger partial charge in [0.15, 0.2) is 10.8 Å². The van der Waals surface area contributed by atoms with Gasteiger partial charge in [0, 0.05) is 6.07 Å². The van der Waals surface area contributed by atoms with E-state index >= 15 is 0 Å². The number of nitrogens with zero attached hydrogens (tertiary/aromatic N) is 6. The molecule has 0 atom stereocenters. The molecular weight excluding hydrogens is 244 g/mol. The van der Waals surface area contributed by atoms with Gasteiger partial charge in [-0.25, -0.2) is 0 Å². The normalized spacial score (nSPS) is 10.6. The van der Waals surface area contributed by atoms with E-state index in [1.54, 1.807) is 6.07 Å². The molecule has 3 aromatic rings. The molecule has 3 heterocycles. The highest BCUT2D eigenvalue weighted by molar-refractivity contribution is 7.18. The summed E-state index contributed by atoms with van der Waals surface area (Å²) in [6.07, 6.45) is 1.49. The summed E-state index contributed by atoms with van der Waals surface area (Å²) in [4.78, 5) is 0. The van der Waals surface area contributed by atoms with E-state index in [4.69, 9.17) is 4.52 Å². The predicted molar refractivity (Wildman–Crippen MR) is 56.9 cm³/mol. The van der Waals surface area contributed by atoms with Crippen LogP contribution in [0.3, 0.4) is 0 Å². The second-order valence-electron chi connectivity index (χ2n) is 2.98. The first-order chi connectivity index (χ1) is 8.42. The lowest BCUT2D eigenvalue weighted by molar-refractivity contribution is 0.422. The summed E-state index contributed by atoms with van der Waals surface area (Å²) in [5.41, 5.74) is 0.662. The molecule has 0 amide bonds. The number of hydrogen-bond acceptors (Lipinski definition) is 9. The lowest BCUT2D eigenvalue weighted by Gasteiger charge is -1.94. The van der Waals surface area contributed by atoms with E-state index in [0.717, 1.165) is 0 Å². The van der Waals surface area contributed by atoms with Gasteiger partial charge in [-0.3, -0.25) is 0 Å². The van der Waals surface area contributed by atoms with Crippen LogP contribution in [0.15, 0.2) is 16.9 Å². The largest absolute Gasteiger partial charge is 0.364 e. The Morgan fingerprint density at radius 2 is 2.35 bits per heavy atom. The average Bonchev–Trinajstić information content (AvgIpc) is 3.09. The molecule has 3 aromatic heterocycles. The minimum atomic E-state index is 0.434. The Labute approximate surface area is 98.2 Å². The number of H-pyrrole nitrogens is 1. The summed E-state index contributed by atoms with van der Waals surface area (Å²) in [6, 6.07) is 1.73. The lowest BCUT2D eigenvalue weighted by atomic mass is 10.5. The van der Waals surface area contributed by atoms with Crippen LogP contribution >= 0.6 is 11.3 Å². The van der Waals surface area contributed by atoms with E-state index in [9.17, 15) is 0 Å². The van der Waals surface area contributed by atoms with Gasteiger partial charge in [-0.15, -0.1) is 20.4 Å². The first-order valence-corrected chi connectivity index (χ1v) is 5.44. The Morgan fingerprint density at radius 1 is 1.35 bits per heavy atom. The van der Waals surface area contributed by atoms with Crippen molar-refractivity contribution >= 4 is 16.5 Å². The fourth-order valence-corrected chi connectivity index (χ4v) is 1.83. The predicted octanol–water partition coefficient (Wildman–Crippen LogP) is 0.318. The summed E-state index contributed by atoms with van der Waals surface area (Å²) in [5, 5.41) is 29.5. The molecule has 0 aliphatic rings. The molecule has 0 fully saturated rings. The van der Waals surface area contributed by atoms with Crippen LogP contribution in [0.1, 0.15) is 5.82 Å². The number of anilines is 1. The molecule has 0 aliphatic carbocycles. The van der Waals surface area contributed by atoms with Crippen molar-refractivity contribution in [3.05, 3.63) is 18.2 Å². The third-order valence-electron chi connectivity index (χ3n) is 1.87. The number of aromatic amines is 1. The highest BCUT2D eigenvalue weighted by Gasteiger charge is 2.09. The van der Waals surface area contributed by atoms with E-state index in [1.807, 2.05) is 0 Å². The van der Waals surface area contributed by atoms with Gasteiger partial charge in [0.25, 0.3) is 0 Å². The molecule has 0 unspecified atom stereocenters. The molecule has 0 saturated carbocycles. The van der Waals surface area contributed by atoms with Crippen LogP contribution in [0.25, 0.3) is 10.7 Å². The summed E-state index contributed by atoms with van der Waals surface area (Å²) < 4.78 is 4.73. The van der Waals surface area contributed by atoms with E-state index in [0.29, 0.717) is 28.2 Å². The molecule has 0 aliphatic heterocycles. The van der Waals surface area contributed by atoms with Crippen LogP contribution in [0.2, 0.25) is 0 Å². The van der Waals surface area contributed by atoms with Gasteiger partial charge in [-0.05, 0) is 0 Å². The minimum Gasteiger partial charge on any atom is -0.364 e. The zero-order valence-electron chi connectivity index (χ0n) is 8.36. The highest BCUT2D eigenvalue weighted by atomic mass is 32.1. The Morgan fingerprint density at radius 3 is 3.12 bits per heavy atom. The number of aromatic nitrogens is 7. The zero-order valence-corrected chi connectivity index (χ0v) is 9.18. The van der Waals surface area contributed by atoms with Crippen LogP contribution < -0.4 is 5.32 Å². The molecule has 9 nitrogen and oxygen atoms in total. The number of rotatable bonds is 4. The van der Waals surface area contributed by atoms with Crippen molar-refractivity contribution in [2.24, 2.45) is 0 Å². The molecule has 0 radical (unpaired) electrons. The van der Waals surface area contributed by atoms with Crippen molar-refractivity contribution in [2.45, 2.75) is 6.54 Å². The molecule has 3 rings (SSSR count). The van der Waals surface area contributed by atoms with Crippen molar-refractivity contribution in [2.75, 3.05) is 5.32 Å². The maximum Gasteiger partial charge on any atom is 0.206 e. The first kappa shape index (κ1) is 9.84. The second kappa shape index (κ2) is 4.25. The van der Waals surface area contributed by atoms with Crippen LogP contribution in [0, 0.1) is 0 Å². The Kier molecular flexibility index (Phi) is 2.46. The molecule has 10 heteroatoms. The van der Waals surface area contributed by atoms with Gasteiger partial charge in [-0.1, -0.05) is 21.7 Å². The summed E-state index contributed by atoms with van der Waals surface area (Å²) in [6.45, 7) is 0.434. The second-order valence-corrected chi connectivity index (χ2v) is 3.96. The quantitative estimate of drug-likeness (QED) is 0.679. The van der Waals surface area contributed by atoms with E-state index < -0.39 is 0 Å². The zero-order chi connectivity index (χ0) is 11.5. The van der Waals surface area contributed by atoms with Gasteiger partial charge in [0.2, 0.25) is 5.13 Å². The average molecular weight is 250 g/mol. The Bertz CT molecular complexity index is 573. The highest BCUT2D eigenvalue weighted by Crippen LogP contribution is 2.24. The van der Waals surface area contributed by atoms with E-state index in [1.165, 1.54) is 17.6 Å². The minimum absolute atomic E-state index is 0.434. The van der Waals surface area contributed by atoms with Crippen molar-refractivity contribution in [1.29, 1.82) is 0 Å². The summed E-state index contributed by atoms with van der Waals surface area (Å²) >= 11 is 1.37. The molecule has 0 aromatic carbocycles. The van der Waals surface area contributed by atoms with Crippen LogP contribution in [0.4, 0.5) is 5.13 Å². The fourth-order valence-electron chi connectivity index (χ4n) is 1.13. The van der Waals surface area contributed by atoms with Crippen LogP contribution in [-0.4, -0.2) is 36.0 Å². The van der Waals surface area contributed by atoms with Crippen molar-refractivity contribution in [3.63, 3.8) is 0 Å². The number of hydrogen-bond donors (Lipinski definition) is 2. The monoisotopic (exact) mass is 250 g/mol. The third kappa shape index (κ3) is 2.10. The third-order valence-corrected chi connectivity index (χ3v) is 2.77. The topological polar surface area (TPSA) is 118 Å². The molecular formula is C7H6N8OS. The molecule has 17 heavy (non-hydrogen) atoms. The molecule has 0 bridgehead atoms. The molecule has 0 spiro atoms. The number of tetrazole rings is 1. The molecule has 2 N–H and O–H groups in total. The SMILES string of the molecule is c1cc(-c2nnc(NCc3nn[nH]n3)s2)no1. The van der Waals surface area contributed by atoms with Gasteiger partial charge in [0.1, 0.15) is 12.0 Å². The summed E-state index contributed by atoms with van der Waals surface area (Å²) in [7, 11) is 0. The van der Waals surface area contributed by atoms with Crippen LogP contribution in [0.5, 0.6) is 0 Å². The lowest BCUT2D eigenvalue weighted by Crippen LogP contribution is -2.00. The standard InChI is InChI=1S/C7H6N8OS/c1-2-16-13-4(1)6-11-12-7(17-6)8-3-5-9-14-15-10-5/h1-2H,3H2,(H,8,12)(H,9,10,14,15). The Hall–Kier alpha value is -2.36. The number of nitrogens with one attached hydrogen (secondary N) is 2. The van der Waals surface area contributed by atoms with Crippen LogP contribution in [-0.2, 0) is 6.54 Å². The van der Waals surface area contributed by atoms with Crippen molar-refractivity contribution < 1.29 is 4.52 Å². The maximum absolute atomic E-state index is 4.73. The molecule has 86 valence electrons. The van der Waals surface area contributed by atoms with Crippen molar-refractivity contribution in [1.82, 2.24) is 36.0 Å². The van der Waals surface area contributed by atoms with Gasteiger partial charge in [-0.2, -0.15) is 5.21 Å². The van der Waals surface area contributed by atoms with Gasteiger partial charge < -0.3 is 9.84 Å².